The Labute approximate surface area is 71.4 Å². The molecule has 0 heteroatoms. The molecule has 1 aliphatic carbocycles. The first kappa shape index (κ1) is 9.09. The van der Waals surface area contributed by atoms with Crippen LogP contribution in [-0.2, 0) is 0 Å². The zero-order chi connectivity index (χ0) is 8.27. The van der Waals surface area contributed by atoms with E-state index in [1.54, 1.807) is 0 Å². The first-order valence-corrected chi connectivity index (χ1v) is 5.22. The van der Waals surface area contributed by atoms with Gasteiger partial charge in [0, 0.05) is 0 Å². The van der Waals surface area contributed by atoms with Crippen LogP contribution in [0.3, 0.4) is 0 Å². The molecule has 0 amide bonds. The van der Waals surface area contributed by atoms with E-state index in [4.69, 9.17) is 0 Å². The van der Waals surface area contributed by atoms with Crippen molar-refractivity contribution in [2.24, 2.45) is 17.8 Å². The second-order valence-corrected chi connectivity index (χ2v) is 4.57. The van der Waals surface area contributed by atoms with Gasteiger partial charge in [-0.3, -0.25) is 0 Å². The Kier molecular flexibility index (Phi) is 3.42. The Balaban J connectivity index is 2.02. The fourth-order valence-electron chi connectivity index (χ4n) is 2.44. The molecule has 0 nitrogen and oxygen atoms in total. The predicted octanol–water partition coefficient (Wildman–Crippen LogP) is 3.86. The number of hydrogen-bond donors (Lipinski definition) is 0. The minimum atomic E-state index is 0.984. The van der Waals surface area contributed by atoms with Crippen molar-refractivity contribution in [2.75, 3.05) is 0 Å². The molecule has 0 saturated heterocycles. The maximum atomic E-state index is 2.41. The fraction of sp³-hybridized carbons (Fsp3) is 1.00. The third-order valence-corrected chi connectivity index (χ3v) is 2.99. The molecule has 0 aromatic carbocycles. The lowest BCUT2D eigenvalue weighted by molar-refractivity contribution is 0.174. The van der Waals surface area contributed by atoms with E-state index in [9.17, 15) is 0 Å². The van der Waals surface area contributed by atoms with Crippen LogP contribution in [0.2, 0.25) is 0 Å². The third kappa shape index (κ3) is 2.84. The van der Waals surface area contributed by atoms with Crippen molar-refractivity contribution in [2.45, 2.75) is 52.9 Å². The van der Waals surface area contributed by atoms with Crippen LogP contribution in [0.4, 0.5) is 0 Å². The molecule has 0 spiro atoms. The van der Waals surface area contributed by atoms with Crippen LogP contribution in [0.1, 0.15) is 52.9 Å². The SMILES string of the molecule is CCCC(C)CC1CC(C)C1. The van der Waals surface area contributed by atoms with E-state index in [1.165, 1.54) is 32.1 Å². The highest BCUT2D eigenvalue weighted by Crippen LogP contribution is 2.37. The van der Waals surface area contributed by atoms with Gasteiger partial charge in [0.2, 0.25) is 0 Å². The van der Waals surface area contributed by atoms with E-state index in [0.29, 0.717) is 0 Å². The summed E-state index contributed by atoms with van der Waals surface area (Å²) in [5.41, 5.74) is 0. The minimum Gasteiger partial charge on any atom is -0.0654 e. The molecular formula is C11H22. The fourth-order valence-corrected chi connectivity index (χ4v) is 2.44. The van der Waals surface area contributed by atoms with Crippen molar-refractivity contribution in [3.05, 3.63) is 0 Å². The molecule has 1 fully saturated rings. The second kappa shape index (κ2) is 4.13. The zero-order valence-electron chi connectivity index (χ0n) is 8.27. The normalized spacial score (nSPS) is 33.0. The van der Waals surface area contributed by atoms with Crippen molar-refractivity contribution in [1.29, 1.82) is 0 Å². The predicted molar refractivity (Wildman–Crippen MR) is 50.6 cm³/mol. The summed E-state index contributed by atoms with van der Waals surface area (Å²) in [7, 11) is 0. The topological polar surface area (TPSA) is 0 Å². The second-order valence-electron chi connectivity index (χ2n) is 4.57. The van der Waals surface area contributed by atoms with Crippen molar-refractivity contribution >= 4 is 0 Å². The first-order chi connectivity index (χ1) is 5.22. The number of hydrogen-bond acceptors (Lipinski definition) is 0. The molecule has 1 aliphatic rings. The van der Waals surface area contributed by atoms with Gasteiger partial charge in [0.1, 0.15) is 0 Å². The Morgan fingerprint density at radius 3 is 2.45 bits per heavy atom. The maximum Gasteiger partial charge on any atom is -0.0407 e. The molecule has 0 aromatic rings. The smallest absolute Gasteiger partial charge is 0.0407 e. The molecule has 0 heterocycles. The third-order valence-electron chi connectivity index (χ3n) is 2.99. The Morgan fingerprint density at radius 2 is 2.00 bits per heavy atom. The zero-order valence-corrected chi connectivity index (χ0v) is 8.27. The molecule has 1 saturated carbocycles. The van der Waals surface area contributed by atoms with E-state index >= 15 is 0 Å². The van der Waals surface area contributed by atoms with Gasteiger partial charge in [-0.25, -0.2) is 0 Å². The van der Waals surface area contributed by atoms with E-state index < -0.39 is 0 Å². The standard InChI is InChI=1S/C11H22/c1-4-5-9(2)6-11-7-10(3)8-11/h9-11H,4-8H2,1-3H3. The summed E-state index contributed by atoms with van der Waals surface area (Å²) in [5.74, 6) is 3.11. The van der Waals surface area contributed by atoms with Gasteiger partial charge in [0.25, 0.3) is 0 Å². The van der Waals surface area contributed by atoms with Gasteiger partial charge < -0.3 is 0 Å². The highest BCUT2D eigenvalue weighted by Gasteiger charge is 2.25. The van der Waals surface area contributed by atoms with Crippen LogP contribution in [0.25, 0.3) is 0 Å². The van der Waals surface area contributed by atoms with Crippen molar-refractivity contribution in [3.8, 4) is 0 Å². The van der Waals surface area contributed by atoms with Gasteiger partial charge in [-0.2, -0.15) is 0 Å². The largest absolute Gasteiger partial charge is 0.0654 e. The molecule has 0 bridgehead atoms. The first-order valence-electron chi connectivity index (χ1n) is 5.22. The monoisotopic (exact) mass is 154 g/mol. The lowest BCUT2D eigenvalue weighted by Crippen LogP contribution is -2.22. The maximum absolute atomic E-state index is 2.41. The molecule has 1 unspecified atom stereocenters. The molecule has 0 aromatic heterocycles. The Bertz CT molecular complexity index is 97.9. The van der Waals surface area contributed by atoms with Gasteiger partial charge in [0.05, 0.1) is 0 Å². The molecular weight excluding hydrogens is 132 g/mol. The lowest BCUT2D eigenvalue weighted by atomic mass is 9.72. The number of rotatable bonds is 4. The summed E-state index contributed by atoms with van der Waals surface area (Å²) in [6.45, 7) is 7.08. The Morgan fingerprint density at radius 1 is 1.36 bits per heavy atom. The van der Waals surface area contributed by atoms with E-state index in [1.807, 2.05) is 0 Å². The highest BCUT2D eigenvalue weighted by molar-refractivity contribution is 4.77. The van der Waals surface area contributed by atoms with Crippen LogP contribution < -0.4 is 0 Å². The quantitative estimate of drug-likeness (QED) is 0.577. The van der Waals surface area contributed by atoms with Crippen LogP contribution in [0, 0.1) is 17.8 Å². The molecule has 66 valence electrons. The summed E-state index contributed by atoms with van der Waals surface area (Å²) in [6.07, 6.45) is 7.31. The minimum absolute atomic E-state index is 0.984. The summed E-state index contributed by atoms with van der Waals surface area (Å²) in [5, 5.41) is 0. The van der Waals surface area contributed by atoms with Gasteiger partial charge in [-0.1, -0.05) is 33.6 Å². The molecule has 0 aliphatic heterocycles. The van der Waals surface area contributed by atoms with Crippen LogP contribution >= 0.6 is 0 Å². The van der Waals surface area contributed by atoms with Gasteiger partial charge in [-0.05, 0) is 37.0 Å². The average Bonchev–Trinajstić information content (AvgIpc) is 1.85. The molecule has 0 radical (unpaired) electrons. The molecule has 11 heavy (non-hydrogen) atoms. The highest BCUT2D eigenvalue weighted by atomic mass is 14.3. The average molecular weight is 154 g/mol. The van der Waals surface area contributed by atoms with E-state index in [-0.39, 0.29) is 0 Å². The lowest BCUT2D eigenvalue weighted by Gasteiger charge is -2.34. The summed E-state index contributed by atoms with van der Waals surface area (Å²) < 4.78 is 0. The molecule has 1 rings (SSSR count). The van der Waals surface area contributed by atoms with Crippen molar-refractivity contribution < 1.29 is 0 Å². The van der Waals surface area contributed by atoms with Crippen LogP contribution in [0.5, 0.6) is 0 Å². The van der Waals surface area contributed by atoms with Crippen molar-refractivity contribution in [1.82, 2.24) is 0 Å². The van der Waals surface area contributed by atoms with Crippen LogP contribution in [-0.4, -0.2) is 0 Å². The Hall–Kier alpha value is 0. The van der Waals surface area contributed by atoms with E-state index in [2.05, 4.69) is 20.8 Å². The molecule has 1 atom stereocenters. The van der Waals surface area contributed by atoms with Gasteiger partial charge in [0.15, 0.2) is 0 Å². The van der Waals surface area contributed by atoms with Gasteiger partial charge >= 0.3 is 0 Å². The summed E-state index contributed by atoms with van der Waals surface area (Å²) >= 11 is 0. The summed E-state index contributed by atoms with van der Waals surface area (Å²) in [6, 6.07) is 0. The van der Waals surface area contributed by atoms with Gasteiger partial charge in [-0.15, -0.1) is 0 Å². The van der Waals surface area contributed by atoms with Crippen molar-refractivity contribution in [3.63, 3.8) is 0 Å². The van der Waals surface area contributed by atoms with E-state index in [0.717, 1.165) is 17.8 Å². The molecule has 0 N–H and O–H groups in total. The van der Waals surface area contributed by atoms with Crippen LogP contribution in [0.15, 0.2) is 0 Å². The summed E-state index contributed by atoms with van der Waals surface area (Å²) in [4.78, 5) is 0.